The predicted molar refractivity (Wildman–Crippen MR) is 124 cm³/mol. The molecule has 2 N–H and O–H groups in total. The monoisotopic (exact) mass is 496 g/mol. The molecule has 0 aliphatic carbocycles. The van der Waals surface area contributed by atoms with Gasteiger partial charge in [0.25, 0.3) is 0 Å². The first-order chi connectivity index (χ1) is 15.1. The lowest BCUT2D eigenvalue weighted by atomic mass is 10.2. The van der Waals surface area contributed by atoms with Crippen LogP contribution >= 0.6 is 22.9 Å². The van der Waals surface area contributed by atoms with Gasteiger partial charge in [-0.15, -0.1) is 11.3 Å². The molecule has 0 fully saturated rings. The zero-order chi connectivity index (χ0) is 23.5. The number of hydrogen-bond acceptors (Lipinski definition) is 7. The molecule has 0 bridgehead atoms. The van der Waals surface area contributed by atoms with Crippen molar-refractivity contribution in [2.24, 2.45) is 0 Å². The van der Waals surface area contributed by atoms with Crippen molar-refractivity contribution >= 4 is 60.6 Å². The molecule has 1 aromatic heterocycles. The van der Waals surface area contributed by atoms with Crippen LogP contribution in [0.25, 0.3) is 10.1 Å². The summed E-state index contributed by atoms with van der Waals surface area (Å²) in [5.74, 6) is -0.610. The number of hydrogen-bond donors (Lipinski definition) is 2. The first-order valence-electron chi connectivity index (χ1n) is 9.52. The smallest absolute Gasteiger partial charge is 0.348 e. The summed E-state index contributed by atoms with van der Waals surface area (Å²) in [6.45, 7) is 3.61. The molecule has 32 heavy (non-hydrogen) atoms. The van der Waals surface area contributed by atoms with Gasteiger partial charge in [-0.2, -0.15) is 4.72 Å². The number of amides is 1. The number of nitrogens with one attached hydrogen (secondary N) is 2. The van der Waals surface area contributed by atoms with Gasteiger partial charge < -0.3 is 14.8 Å². The van der Waals surface area contributed by atoms with E-state index >= 15 is 0 Å². The molecular weight excluding hydrogens is 476 g/mol. The molecule has 170 valence electrons. The van der Waals surface area contributed by atoms with Gasteiger partial charge in [-0.1, -0.05) is 11.6 Å². The van der Waals surface area contributed by atoms with Crippen LogP contribution in [0.15, 0.2) is 47.4 Å². The van der Waals surface area contributed by atoms with Crippen LogP contribution in [0, 0.1) is 0 Å². The Morgan fingerprint density at radius 2 is 1.91 bits per heavy atom. The number of fused-ring (bicyclic) bond motifs is 1. The lowest BCUT2D eigenvalue weighted by Gasteiger charge is -2.15. The molecule has 0 aliphatic rings. The topological polar surface area (TPSA) is 111 Å². The van der Waals surface area contributed by atoms with E-state index in [0.717, 1.165) is 10.1 Å². The largest absolute Gasteiger partial charge is 0.492 e. The number of ether oxygens (including phenoxy) is 2. The van der Waals surface area contributed by atoms with Crippen molar-refractivity contribution in [3.8, 4) is 5.75 Å². The van der Waals surface area contributed by atoms with Crippen LogP contribution in [-0.4, -0.2) is 40.1 Å². The highest BCUT2D eigenvalue weighted by molar-refractivity contribution is 7.89. The predicted octanol–water partition coefficient (Wildman–Crippen LogP) is 4.05. The number of carbonyl (C=O) groups is 2. The Morgan fingerprint density at radius 1 is 1.16 bits per heavy atom. The maximum atomic E-state index is 12.7. The highest BCUT2D eigenvalue weighted by atomic mass is 35.5. The standard InChI is InChI=1S/C21H21ClN2O6S2/c1-4-30-17-7-6-15(11-16(17)22)32(27,28)24-12(2)20(25)23-14-5-8-18-13(9-14)10-19(31-18)21(26)29-3/h5-12,24H,4H2,1-3H3,(H,23,25)/t12-/m0/s1. The van der Waals surface area contributed by atoms with Crippen LogP contribution in [0.5, 0.6) is 5.75 Å². The average molecular weight is 497 g/mol. The van der Waals surface area contributed by atoms with Gasteiger partial charge in [0, 0.05) is 10.4 Å². The van der Waals surface area contributed by atoms with Crippen molar-refractivity contribution in [1.29, 1.82) is 0 Å². The minimum Gasteiger partial charge on any atom is -0.492 e. The van der Waals surface area contributed by atoms with E-state index in [4.69, 9.17) is 21.1 Å². The number of methoxy groups -OCH3 is 1. The van der Waals surface area contributed by atoms with E-state index < -0.39 is 27.9 Å². The van der Waals surface area contributed by atoms with Crippen LogP contribution in [0.3, 0.4) is 0 Å². The summed E-state index contributed by atoms with van der Waals surface area (Å²) in [5.41, 5.74) is 0.465. The molecule has 0 unspecified atom stereocenters. The van der Waals surface area contributed by atoms with Crippen molar-refractivity contribution in [1.82, 2.24) is 4.72 Å². The minimum atomic E-state index is -4.00. The maximum absolute atomic E-state index is 12.7. The number of thiophene rings is 1. The van der Waals surface area contributed by atoms with Gasteiger partial charge in [0.1, 0.15) is 10.6 Å². The minimum absolute atomic E-state index is 0.0827. The van der Waals surface area contributed by atoms with Gasteiger partial charge in [-0.25, -0.2) is 13.2 Å². The molecule has 3 rings (SSSR count). The number of halogens is 1. The number of sulfonamides is 1. The fraction of sp³-hybridized carbons (Fsp3) is 0.238. The molecule has 0 radical (unpaired) electrons. The Balaban J connectivity index is 1.71. The number of carbonyl (C=O) groups excluding carboxylic acids is 2. The molecule has 1 amide bonds. The molecule has 0 saturated heterocycles. The Bertz CT molecular complexity index is 1270. The Hall–Kier alpha value is -2.66. The number of benzene rings is 2. The number of anilines is 1. The zero-order valence-electron chi connectivity index (χ0n) is 17.5. The third-order valence-electron chi connectivity index (χ3n) is 4.41. The Labute approximate surface area is 194 Å². The summed E-state index contributed by atoms with van der Waals surface area (Å²) >= 11 is 7.35. The number of esters is 1. The summed E-state index contributed by atoms with van der Waals surface area (Å²) < 4.78 is 38.5. The summed E-state index contributed by atoms with van der Waals surface area (Å²) in [6, 6.07) is 9.82. The molecule has 0 saturated carbocycles. The van der Waals surface area contributed by atoms with Crippen LogP contribution in [0.2, 0.25) is 5.02 Å². The van der Waals surface area contributed by atoms with E-state index in [9.17, 15) is 18.0 Å². The Kier molecular flexibility index (Phi) is 7.40. The van der Waals surface area contributed by atoms with Gasteiger partial charge >= 0.3 is 5.97 Å². The first-order valence-corrected chi connectivity index (χ1v) is 12.2. The van der Waals surface area contributed by atoms with E-state index in [2.05, 4.69) is 10.0 Å². The van der Waals surface area contributed by atoms with Crippen molar-refractivity contribution in [2.45, 2.75) is 24.8 Å². The summed E-state index contributed by atoms with van der Waals surface area (Å²) in [6.07, 6.45) is 0. The van der Waals surface area contributed by atoms with Crippen LogP contribution in [0.4, 0.5) is 5.69 Å². The Morgan fingerprint density at radius 3 is 2.56 bits per heavy atom. The van der Waals surface area contributed by atoms with Crippen LogP contribution < -0.4 is 14.8 Å². The summed E-state index contributed by atoms with van der Waals surface area (Å²) in [5, 5.41) is 3.58. The SMILES string of the molecule is CCOc1ccc(S(=O)(=O)N[C@@H](C)C(=O)Nc2ccc3sc(C(=O)OC)cc3c2)cc1Cl. The second kappa shape index (κ2) is 9.86. The molecule has 8 nitrogen and oxygen atoms in total. The first kappa shape index (κ1) is 24.0. The summed E-state index contributed by atoms with van der Waals surface area (Å²) in [4.78, 5) is 24.6. The molecule has 0 aliphatic heterocycles. The van der Waals surface area contributed by atoms with E-state index in [-0.39, 0.29) is 9.92 Å². The van der Waals surface area contributed by atoms with Crippen molar-refractivity contribution in [3.63, 3.8) is 0 Å². The second-order valence-corrected chi connectivity index (χ2v) is 9.92. The van der Waals surface area contributed by atoms with Crippen LogP contribution in [-0.2, 0) is 19.6 Å². The summed E-state index contributed by atoms with van der Waals surface area (Å²) in [7, 11) is -2.69. The van der Waals surface area contributed by atoms with Crippen molar-refractivity contribution in [3.05, 3.63) is 52.4 Å². The molecular formula is C21H21ClN2O6S2. The molecule has 0 spiro atoms. The quantitative estimate of drug-likeness (QED) is 0.455. The highest BCUT2D eigenvalue weighted by Crippen LogP contribution is 2.29. The lowest BCUT2D eigenvalue weighted by molar-refractivity contribution is -0.117. The van der Waals surface area contributed by atoms with Crippen molar-refractivity contribution in [2.75, 3.05) is 19.0 Å². The van der Waals surface area contributed by atoms with Gasteiger partial charge in [0.15, 0.2) is 0 Å². The third-order valence-corrected chi connectivity index (χ3v) is 7.34. The van der Waals surface area contributed by atoms with Gasteiger partial charge in [0.05, 0.1) is 29.7 Å². The average Bonchev–Trinajstić information content (AvgIpc) is 3.17. The molecule has 3 aromatic rings. The molecule has 11 heteroatoms. The van der Waals surface area contributed by atoms with Crippen LogP contribution in [0.1, 0.15) is 23.5 Å². The van der Waals surface area contributed by atoms with E-state index in [1.807, 2.05) is 0 Å². The maximum Gasteiger partial charge on any atom is 0.348 e. The molecule has 1 heterocycles. The zero-order valence-corrected chi connectivity index (χ0v) is 19.9. The van der Waals surface area contributed by atoms with Crippen molar-refractivity contribution < 1.29 is 27.5 Å². The van der Waals surface area contributed by atoms with Gasteiger partial charge in [-0.3, -0.25) is 4.79 Å². The van der Waals surface area contributed by atoms with E-state index in [1.165, 1.54) is 43.6 Å². The molecule has 1 atom stereocenters. The lowest BCUT2D eigenvalue weighted by Crippen LogP contribution is -2.41. The second-order valence-electron chi connectivity index (χ2n) is 6.71. The highest BCUT2D eigenvalue weighted by Gasteiger charge is 2.23. The van der Waals surface area contributed by atoms with Gasteiger partial charge in [0.2, 0.25) is 15.9 Å². The fourth-order valence-electron chi connectivity index (χ4n) is 2.85. The normalized spacial score (nSPS) is 12.4. The third kappa shape index (κ3) is 5.39. The number of rotatable bonds is 8. The van der Waals surface area contributed by atoms with E-state index in [0.29, 0.717) is 22.9 Å². The fourth-order valence-corrected chi connectivity index (χ4v) is 5.34. The van der Waals surface area contributed by atoms with E-state index in [1.54, 1.807) is 31.2 Å². The van der Waals surface area contributed by atoms with Gasteiger partial charge in [-0.05, 0) is 61.7 Å². The molecule has 2 aromatic carbocycles.